The fourth-order valence-electron chi connectivity index (χ4n) is 4.58. The second-order valence-corrected chi connectivity index (χ2v) is 8.39. The number of nitrogens with one attached hydrogen (secondary N) is 1. The number of carbonyl (C=O) groups excluding carboxylic acids is 1. The van der Waals surface area contributed by atoms with Crippen LogP contribution in [0.5, 0.6) is 0 Å². The number of aryl methyl sites for hydroxylation is 1. The van der Waals surface area contributed by atoms with Crippen LogP contribution in [0.25, 0.3) is 5.69 Å². The number of amides is 1. The fraction of sp³-hybridized carbons (Fsp3) is 0.381. The van der Waals surface area contributed by atoms with E-state index in [1.165, 1.54) is 4.80 Å². The maximum Gasteiger partial charge on any atom is 0.275 e. The van der Waals surface area contributed by atoms with Crippen LogP contribution in [0.1, 0.15) is 35.4 Å². The predicted molar refractivity (Wildman–Crippen MR) is 113 cm³/mol. The summed E-state index contributed by atoms with van der Waals surface area (Å²) in [5.41, 5.74) is 1.78. The van der Waals surface area contributed by atoms with E-state index in [9.17, 15) is 4.79 Å². The first kappa shape index (κ1) is 19.0. The largest absolute Gasteiger partial charge is 0.365 e. The molecule has 0 radical (unpaired) electrons. The predicted octanol–water partition coefficient (Wildman–Crippen LogP) is 3.12. The first-order valence-electron chi connectivity index (χ1n) is 10.1. The summed E-state index contributed by atoms with van der Waals surface area (Å²) in [7, 11) is 0. The normalized spacial score (nSPS) is 22.9. The molecule has 2 bridgehead atoms. The Morgan fingerprint density at radius 3 is 2.73 bits per heavy atom. The Morgan fingerprint density at radius 2 is 2.00 bits per heavy atom. The molecule has 3 fully saturated rings. The van der Waals surface area contributed by atoms with Crippen molar-refractivity contribution in [2.45, 2.75) is 38.3 Å². The Bertz CT molecular complexity index is 1050. The molecule has 154 valence electrons. The van der Waals surface area contributed by atoms with Crippen molar-refractivity contribution in [2.24, 2.45) is 5.92 Å². The van der Waals surface area contributed by atoms with Gasteiger partial charge in [0.1, 0.15) is 11.5 Å². The summed E-state index contributed by atoms with van der Waals surface area (Å²) in [5.74, 6) is 1.16. The van der Waals surface area contributed by atoms with E-state index >= 15 is 0 Å². The SMILES string of the molecule is Cc1ccc(-n2nccn2)c(C(=O)N2CC3CCC2C(Nc2ccc(Cl)cn2)C3)n1. The van der Waals surface area contributed by atoms with Crippen LogP contribution < -0.4 is 5.32 Å². The van der Waals surface area contributed by atoms with Gasteiger partial charge in [0.05, 0.1) is 23.5 Å². The molecule has 1 N–H and O–H groups in total. The highest BCUT2D eigenvalue weighted by Crippen LogP contribution is 2.37. The minimum atomic E-state index is -0.0729. The van der Waals surface area contributed by atoms with Gasteiger partial charge in [-0.25, -0.2) is 9.97 Å². The number of pyridine rings is 2. The molecule has 0 aromatic carbocycles. The van der Waals surface area contributed by atoms with Crippen molar-refractivity contribution >= 4 is 23.3 Å². The first-order valence-corrected chi connectivity index (χ1v) is 10.5. The van der Waals surface area contributed by atoms with E-state index < -0.39 is 0 Å². The van der Waals surface area contributed by atoms with Crippen LogP contribution in [0.4, 0.5) is 5.82 Å². The molecule has 0 spiro atoms. The summed E-state index contributed by atoms with van der Waals surface area (Å²) in [6.45, 7) is 2.63. The number of halogens is 1. The topological polar surface area (TPSA) is 88.8 Å². The summed E-state index contributed by atoms with van der Waals surface area (Å²) in [6, 6.07) is 7.65. The highest BCUT2D eigenvalue weighted by Gasteiger charge is 2.44. The van der Waals surface area contributed by atoms with E-state index in [-0.39, 0.29) is 18.0 Å². The summed E-state index contributed by atoms with van der Waals surface area (Å²) in [4.78, 5) is 26.0. The monoisotopic (exact) mass is 423 g/mol. The minimum Gasteiger partial charge on any atom is -0.365 e. The molecule has 3 atom stereocenters. The number of hydrogen-bond acceptors (Lipinski definition) is 6. The number of nitrogens with zero attached hydrogens (tertiary/aromatic N) is 6. The van der Waals surface area contributed by atoms with E-state index in [1.807, 2.05) is 36.1 Å². The number of piperidine rings is 2. The number of carbonyl (C=O) groups is 1. The van der Waals surface area contributed by atoms with Crippen LogP contribution in [0.15, 0.2) is 42.9 Å². The molecule has 2 aliphatic heterocycles. The lowest BCUT2D eigenvalue weighted by Crippen LogP contribution is -2.60. The van der Waals surface area contributed by atoms with Crippen molar-refractivity contribution in [3.05, 3.63) is 59.3 Å². The Kier molecular flexibility index (Phi) is 4.86. The van der Waals surface area contributed by atoms with Gasteiger partial charge < -0.3 is 10.2 Å². The summed E-state index contributed by atoms with van der Waals surface area (Å²) in [5, 5.41) is 12.5. The molecule has 1 aliphatic carbocycles. The maximum atomic E-state index is 13.6. The third kappa shape index (κ3) is 3.52. The number of fused-ring (bicyclic) bond motifs is 3. The maximum absolute atomic E-state index is 13.6. The number of hydrogen-bond donors (Lipinski definition) is 1. The van der Waals surface area contributed by atoms with Crippen LogP contribution in [0.3, 0.4) is 0 Å². The highest BCUT2D eigenvalue weighted by atomic mass is 35.5. The van der Waals surface area contributed by atoms with Crippen molar-refractivity contribution in [1.29, 1.82) is 0 Å². The Hall–Kier alpha value is -3.00. The van der Waals surface area contributed by atoms with Gasteiger partial charge in [0.15, 0.2) is 5.69 Å². The fourth-order valence-corrected chi connectivity index (χ4v) is 4.69. The lowest BCUT2D eigenvalue weighted by molar-refractivity contribution is 0.0276. The zero-order valence-electron chi connectivity index (χ0n) is 16.6. The molecule has 1 saturated carbocycles. The molecule has 6 rings (SSSR count). The van der Waals surface area contributed by atoms with Gasteiger partial charge in [-0.15, -0.1) is 4.80 Å². The quantitative estimate of drug-likeness (QED) is 0.693. The van der Waals surface area contributed by atoms with Crippen LogP contribution in [-0.2, 0) is 0 Å². The van der Waals surface area contributed by atoms with E-state index in [4.69, 9.17) is 11.6 Å². The van der Waals surface area contributed by atoms with Gasteiger partial charge in [0.2, 0.25) is 0 Å². The van der Waals surface area contributed by atoms with Crippen molar-refractivity contribution in [2.75, 3.05) is 11.9 Å². The molecule has 2 saturated heterocycles. The second kappa shape index (κ2) is 7.68. The molecular formula is C21H22ClN7O. The average molecular weight is 424 g/mol. The molecule has 30 heavy (non-hydrogen) atoms. The van der Waals surface area contributed by atoms with Crippen LogP contribution in [-0.4, -0.2) is 54.4 Å². The third-order valence-electron chi connectivity index (χ3n) is 5.95. The third-order valence-corrected chi connectivity index (χ3v) is 6.17. The van der Waals surface area contributed by atoms with Crippen LogP contribution in [0.2, 0.25) is 5.02 Å². The summed E-state index contributed by atoms with van der Waals surface area (Å²) < 4.78 is 0. The van der Waals surface area contributed by atoms with Gasteiger partial charge >= 0.3 is 0 Å². The van der Waals surface area contributed by atoms with E-state index in [0.717, 1.165) is 37.3 Å². The molecular weight excluding hydrogens is 402 g/mol. The van der Waals surface area contributed by atoms with Crippen molar-refractivity contribution in [3.8, 4) is 5.69 Å². The Morgan fingerprint density at radius 1 is 1.17 bits per heavy atom. The lowest BCUT2D eigenvalue weighted by atomic mass is 9.76. The zero-order chi connectivity index (χ0) is 20.7. The Balaban J connectivity index is 1.44. The molecule has 3 unspecified atom stereocenters. The second-order valence-electron chi connectivity index (χ2n) is 7.96. The molecule has 3 aliphatic rings. The van der Waals surface area contributed by atoms with Crippen LogP contribution in [0, 0.1) is 12.8 Å². The van der Waals surface area contributed by atoms with Gasteiger partial charge in [-0.05, 0) is 56.4 Å². The van der Waals surface area contributed by atoms with Crippen molar-refractivity contribution in [3.63, 3.8) is 0 Å². The average Bonchev–Trinajstić information content (AvgIpc) is 3.30. The van der Waals surface area contributed by atoms with Crippen molar-refractivity contribution < 1.29 is 4.79 Å². The molecule has 9 heteroatoms. The van der Waals surface area contributed by atoms with Crippen molar-refractivity contribution in [1.82, 2.24) is 29.9 Å². The van der Waals surface area contributed by atoms with E-state index in [1.54, 1.807) is 18.6 Å². The number of aromatic nitrogens is 5. The standard InChI is InChI=1S/C21H22ClN7O/c1-13-2-5-18(29-24-8-9-25-29)20(26-13)21(30)28-12-14-3-6-17(28)16(10-14)27-19-7-4-15(22)11-23-19/h2,4-5,7-9,11,14,16-17H,3,6,10,12H2,1H3,(H,23,27). The smallest absolute Gasteiger partial charge is 0.275 e. The van der Waals surface area contributed by atoms with Gasteiger partial charge in [-0.3, -0.25) is 4.79 Å². The van der Waals surface area contributed by atoms with Gasteiger partial charge in [0.25, 0.3) is 5.91 Å². The number of rotatable bonds is 4. The van der Waals surface area contributed by atoms with Gasteiger partial charge in [-0.2, -0.15) is 10.2 Å². The summed E-state index contributed by atoms with van der Waals surface area (Å²) in [6.07, 6.45) is 7.94. The van der Waals surface area contributed by atoms with Gasteiger partial charge in [0, 0.05) is 24.5 Å². The molecule has 8 nitrogen and oxygen atoms in total. The summed E-state index contributed by atoms with van der Waals surface area (Å²) >= 11 is 5.96. The lowest BCUT2D eigenvalue weighted by Gasteiger charge is -2.50. The van der Waals surface area contributed by atoms with Gasteiger partial charge in [-0.1, -0.05) is 11.6 Å². The molecule has 3 aromatic rings. The van der Waals surface area contributed by atoms with Crippen LogP contribution >= 0.6 is 11.6 Å². The zero-order valence-corrected chi connectivity index (χ0v) is 17.3. The molecule has 1 amide bonds. The minimum absolute atomic E-state index is 0.0729. The molecule has 3 aromatic heterocycles. The highest BCUT2D eigenvalue weighted by molar-refractivity contribution is 6.30. The first-order chi connectivity index (χ1) is 14.6. The van der Waals surface area contributed by atoms with E-state index in [2.05, 4.69) is 25.5 Å². The Labute approximate surface area is 179 Å². The molecule has 5 heterocycles. The van der Waals surface area contributed by atoms with E-state index in [0.29, 0.717) is 22.3 Å². The number of anilines is 1.